The Kier molecular flexibility index (Phi) is 4.57. The number of nitrogens with one attached hydrogen (secondary N) is 1. The Bertz CT molecular complexity index is 771. The van der Waals surface area contributed by atoms with Gasteiger partial charge in [-0.1, -0.05) is 29.8 Å². The predicted molar refractivity (Wildman–Crippen MR) is 91.9 cm³/mol. The van der Waals surface area contributed by atoms with Crippen LogP contribution in [0.4, 0.5) is 5.69 Å². The molecule has 2 amide bonds. The van der Waals surface area contributed by atoms with Gasteiger partial charge in [0.1, 0.15) is 6.54 Å². The van der Waals surface area contributed by atoms with Gasteiger partial charge in [0.05, 0.1) is 11.9 Å². The molecule has 1 fully saturated rings. The highest BCUT2D eigenvalue weighted by Crippen LogP contribution is 2.49. The molecule has 0 unspecified atom stereocenters. The molecule has 1 aliphatic carbocycles. The molecule has 0 radical (unpaired) electrons. The average molecular weight is 347 g/mol. The fourth-order valence-corrected chi connectivity index (χ4v) is 2.91. The molecule has 2 aromatic rings. The van der Waals surface area contributed by atoms with E-state index < -0.39 is 0 Å². The van der Waals surface area contributed by atoms with Crippen molar-refractivity contribution in [3.05, 3.63) is 47.2 Å². The molecule has 0 bridgehead atoms. The number of anilines is 1. The summed E-state index contributed by atoms with van der Waals surface area (Å²) in [5.41, 5.74) is 1.61. The van der Waals surface area contributed by atoms with Gasteiger partial charge < -0.3 is 10.2 Å². The Morgan fingerprint density at radius 2 is 2.12 bits per heavy atom. The monoisotopic (exact) mass is 346 g/mol. The smallest absolute Gasteiger partial charge is 0.243 e. The Morgan fingerprint density at radius 3 is 2.83 bits per heavy atom. The van der Waals surface area contributed by atoms with Gasteiger partial charge in [-0.15, -0.1) is 0 Å². The van der Waals surface area contributed by atoms with E-state index in [1.54, 1.807) is 26.5 Å². The molecule has 3 rings (SSSR count). The highest BCUT2D eigenvalue weighted by molar-refractivity contribution is 6.31. The van der Waals surface area contributed by atoms with E-state index in [1.165, 1.54) is 9.58 Å². The van der Waals surface area contributed by atoms with Gasteiger partial charge in [0, 0.05) is 31.2 Å². The van der Waals surface area contributed by atoms with Crippen LogP contribution in [0.15, 0.2) is 36.7 Å². The van der Waals surface area contributed by atoms with E-state index in [1.807, 2.05) is 24.3 Å². The highest BCUT2D eigenvalue weighted by atomic mass is 35.5. The van der Waals surface area contributed by atoms with E-state index in [0.29, 0.717) is 10.7 Å². The first kappa shape index (κ1) is 16.5. The van der Waals surface area contributed by atoms with E-state index in [0.717, 1.165) is 12.0 Å². The number of halogens is 1. The average Bonchev–Trinajstić information content (AvgIpc) is 3.22. The number of carbonyl (C=O) groups excluding carboxylic acids is 2. The molecule has 1 saturated carbocycles. The number of carbonyl (C=O) groups is 2. The van der Waals surface area contributed by atoms with Crippen molar-refractivity contribution in [2.75, 3.05) is 19.4 Å². The van der Waals surface area contributed by atoms with E-state index in [-0.39, 0.29) is 30.2 Å². The van der Waals surface area contributed by atoms with Gasteiger partial charge in [-0.3, -0.25) is 14.3 Å². The SMILES string of the molecule is CN(C)C(=O)Cn1cc(NC(=O)[C@@H]2C[C@@H]2c2ccccc2Cl)cn1. The number of amides is 2. The Balaban J connectivity index is 1.58. The van der Waals surface area contributed by atoms with Crippen LogP contribution in [0, 0.1) is 5.92 Å². The molecular formula is C17H19ClN4O2. The number of benzene rings is 1. The predicted octanol–water partition coefficient (Wildman–Crippen LogP) is 2.37. The van der Waals surface area contributed by atoms with Crippen LogP contribution < -0.4 is 5.32 Å². The molecule has 6 nitrogen and oxygen atoms in total. The first-order chi connectivity index (χ1) is 11.5. The van der Waals surface area contributed by atoms with E-state index in [2.05, 4.69) is 10.4 Å². The van der Waals surface area contributed by atoms with Crippen LogP contribution in [0.5, 0.6) is 0 Å². The quantitative estimate of drug-likeness (QED) is 0.903. The first-order valence-corrected chi connectivity index (χ1v) is 8.11. The van der Waals surface area contributed by atoms with E-state index in [4.69, 9.17) is 11.6 Å². The summed E-state index contributed by atoms with van der Waals surface area (Å²) in [7, 11) is 3.38. The summed E-state index contributed by atoms with van der Waals surface area (Å²) in [5, 5.41) is 7.65. The first-order valence-electron chi connectivity index (χ1n) is 7.73. The van der Waals surface area contributed by atoms with Crippen LogP contribution in [0.3, 0.4) is 0 Å². The second-order valence-electron chi connectivity index (χ2n) is 6.17. The lowest BCUT2D eigenvalue weighted by molar-refractivity contribution is -0.129. The zero-order chi connectivity index (χ0) is 17.3. The molecule has 0 spiro atoms. The van der Waals surface area contributed by atoms with Crippen LogP contribution in [0.1, 0.15) is 17.9 Å². The van der Waals surface area contributed by atoms with Crippen LogP contribution in [0.2, 0.25) is 5.02 Å². The number of hydrogen-bond acceptors (Lipinski definition) is 3. The fraction of sp³-hybridized carbons (Fsp3) is 0.353. The summed E-state index contributed by atoms with van der Waals surface area (Å²) in [4.78, 5) is 25.5. The van der Waals surface area contributed by atoms with E-state index >= 15 is 0 Å². The molecule has 24 heavy (non-hydrogen) atoms. The molecule has 0 aliphatic heterocycles. The van der Waals surface area contributed by atoms with Crippen molar-refractivity contribution < 1.29 is 9.59 Å². The van der Waals surface area contributed by atoms with Crippen LogP contribution in [-0.4, -0.2) is 40.6 Å². The maximum absolute atomic E-state index is 12.3. The Hall–Kier alpha value is -2.34. The number of likely N-dealkylation sites (N-methyl/N-ethyl adjacent to an activating group) is 1. The second kappa shape index (κ2) is 6.65. The van der Waals surface area contributed by atoms with Gasteiger partial charge in [0.15, 0.2) is 0 Å². The van der Waals surface area contributed by atoms with Gasteiger partial charge in [-0.2, -0.15) is 5.10 Å². The van der Waals surface area contributed by atoms with Crippen molar-refractivity contribution in [2.45, 2.75) is 18.9 Å². The van der Waals surface area contributed by atoms with Gasteiger partial charge in [0.2, 0.25) is 11.8 Å². The molecule has 126 valence electrons. The summed E-state index contributed by atoms with van der Waals surface area (Å²) < 4.78 is 1.51. The summed E-state index contributed by atoms with van der Waals surface area (Å²) >= 11 is 6.19. The van der Waals surface area contributed by atoms with Gasteiger partial charge in [-0.05, 0) is 24.0 Å². The highest BCUT2D eigenvalue weighted by Gasteiger charge is 2.44. The molecule has 7 heteroatoms. The number of nitrogens with zero attached hydrogens (tertiary/aromatic N) is 3. The largest absolute Gasteiger partial charge is 0.347 e. The van der Waals surface area contributed by atoms with Crippen molar-refractivity contribution in [3.63, 3.8) is 0 Å². The van der Waals surface area contributed by atoms with E-state index in [9.17, 15) is 9.59 Å². The minimum Gasteiger partial charge on any atom is -0.347 e. The lowest BCUT2D eigenvalue weighted by Gasteiger charge is -2.09. The van der Waals surface area contributed by atoms with Crippen molar-refractivity contribution in [3.8, 4) is 0 Å². The second-order valence-corrected chi connectivity index (χ2v) is 6.58. The molecule has 1 N–H and O–H groups in total. The molecule has 2 atom stereocenters. The molecule has 0 saturated heterocycles. The topological polar surface area (TPSA) is 67.2 Å². The molecule has 1 aliphatic rings. The molecular weight excluding hydrogens is 328 g/mol. The maximum Gasteiger partial charge on any atom is 0.243 e. The number of rotatable bonds is 5. The molecule has 1 aromatic carbocycles. The van der Waals surface area contributed by atoms with Gasteiger partial charge in [0.25, 0.3) is 0 Å². The third-order valence-electron chi connectivity index (χ3n) is 4.13. The Morgan fingerprint density at radius 1 is 1.38 bits per heavy atom. The third-order valence-corrected chi connectivity index (χ3v) is 4.47. The van der Waals surface area contributed by atoms with Crippen LogP contribution in [0.25, 0.3) is 0 Å². The summed E-state index contributed by atoms with van der Waals surface area (Å²) in [6, 6.07) is 7.62. The summed E-state index contributed by atoms with van der Waals surface area (Å²) in [6.07, 6.45) is 4.00. The standard InChI is InChI=1S/C17H19ClN4O2/c1-21(2)16(23)10-22-9-11(8-19-22)20-17(24)14-7-13(14)12-5-3-4-6-15(12)18/h3-6,8-9,13-14H,7,10H2,1-2H3,(H,20,24)/t13-,14-/m1/s1. The zero-order valence-corrected chi connectivity index (χ0v) is 14.3. The van der Waals surface area contributed by atoms with Gasteiger partial charge >= 0.3 is 0 Å². The molecule has 1 aromatic heterocycles. The Labute approximate surface area is 145 Å². The minimum absolute atomic E-state index is 0.0431. The maximum atomic E-state index is 12.3. The number of hydrogen-bond donors (Lipinski definition) is 1. The molecule has 1 heterocycles. The van der Waals surface area contributed by atoms with Crippen molar-refractivity contribution in [1.82, 2.24) is 14.7 Å². The van der Waals surface area contributed by atoms with Crippen LogP contribution >= 0.6 is 11.6 Å². The lowest BCUT2D eigenvalue weighted by Crippen LogP contribution is -2.26. The lowest BCUT2D eigenvalue weighted by atomic mass is 10.1. The van der Waals surface area contributed by atoms with Crippen molar-refractivity contribution in [2.24, 2.45) is 5.92 Å². The van der Waals surface area contributed by atoms with Crippen molar-refractivity contribution in [1.29, 1.82) is 0 Å². The summed E-state index contributed by atoms with van der Waals surface area (Å²) in [6.45, 7) is 0.147. The fourth-order valence-electron chi connectivity index (χ4n) is 2.63. The van der Waals surface area contributed by atoms with Crippen molar-refractivity contribution >= 4 is 29.1 Å². The van der Waals surface area contributed by atoms with Crippen LogP contribution in [-0.2, 0) is 16.1 Å². The third kappa shape index (κ3) is 3.59. The van der Waals surface area contributed by atoms with Gasteiger partial charge in [-0.25, -0.2) is 0 Å². The minimum atomic E-state index is -0.0725. The normalized spacial score (nSPS) is 19.0. The number of aromatic nitrogens is 2. The zero-order valence-electron chi connectivity index (χ0n) is 13.6. The summed E-state index contributed by atoms with van der Waals surface area (Å²) in [5.74, 6) is -0.00363.